The molecular formula is C25H27N7O. The van der Waals surface area contributed by atoms with Gasteiger partial charge in [0, 0.05) is 36.9 Å². The Morgan fingerprint density at radius 2 is 1.91 bits per heavy atom. The molecule has 33 heavy (non-hydrogen) atoms. The van der Waals surface area contributed by atoms with E-state index in [4.69, 9.17) is 4.98 Å². The monoisotopic (exact) mass is 441 g/mol. The third kappa shape index (κ3) is 4.45. The lowest BCUT2D eigenvalue weighted by molar-refractivity contribution is 0.464. The van der Waals surface area contributed by atoms with E-state index < -0.39 is 0 Å². The van der Waals surface area contributed by atoms with E-state index in [1.165, 1.54) is 0 Å². The Morgan fingerprint density at radius 1 is 1.12 bits per heavy atom. The topological polar surface area (TPSA) is 81.5 Å². The van der Waals surface area contributed by atoms with Crippen LogP contribution in [0.5, 0.6) is 5.75 Å². The first kappa shape index (κ1) is 21.2. The number of hydrogen-bond donors (Lipinski definition) is 1. The number of hydrogen-bond acceptors (Lipinski definition) is 8. The van der Waals surface area contributed by atoms with Crippen LogP contribution in [-0.4, -0.2) is 76.0 Å². The fourth-order valence-corrected chi connectivity index (χ4v) is 4.67. The summed E-state index contributed by atoms with van der Waals surface area (Å²) >= 11 is 0. The summed E-state index contributed by atoms with van der Waals surface area (Å²) in [5.41, 5.74) is 2.40. The molecule has 1 N–H and O–H groups in total. The Bertz CT molecular complexity index is 1190. The number of phenols is 1. The number of aromatic nitrogens is 4. The highest BCUT2D eigenvalue weighted by molar-refractivity contribution is 5.69. The maximum atomic E-state index is 10.2. The second-order valence-electron chi connectivity index (χ2n) is 8.79. The quantitative estimate of drug-likeness (QED) is 0.619. The minimum absolute atomic E-state index is 0.210. The smallest absolute Gasteiger partial charge is 0.206 e. The van der Waals surface area contributed by atoms with E-state index in [1.54, 1.807) is 18.3 Å². The molecule has 3 aromatic rings. The van der Waals surface area contributed by atoms with Gasteiger partial charge in [-0.25, -0.2) is 9.97 Å². The van der Waals surface area contributed by atoms with Crippen molar-refractivity contribution >= 4 is 11.5 Å². The lowest BCUT2D eigenvalue weighted by Crippen LogP contribution is -2.54. The van der Waals surface area contributed by atoms with Crippen LogP contribution in [0.4, 0.5) is 11.5 Å². The molecule has 0 unspecified atom stereocenters. The number of para-hydroxylation sites is 1. The highest BCUT2D eigenvalue weighted by atomic mass is 16.3. The first-order chi connectivity index (χ1) is 16.1. The van der Waals surface area contributed by atoms with Gasteiger partial charge >= 0.3 is 0 Å². The van der Waals surface area contributed by atoms with E-state index in [9.17, 15) is 5.11 Å². The molecule has 1 aromatic carbocycles. The summed E-state index contributed by atoms with van der Waals surface area (Å²) < 4.78 is 0. The van der Waals surface area contributed by atoms with Gasteiger partial charge in [0.1, 0.15) is 11.6 Å². The molecule has 0 radical (unpaired) electrons. The zero-order valence-corrected chi connectivity index (χ0v) is 18.9. The zero-order chi connectivity index (χ0) is 22.8. The summed E-state index contributed by atoms with van der Waals surface area (Å²) in [6.45, 7) is 2.45. The highest BCUT2D eigenvalue weighted by Gasteiger charge is 2.41. The normalized spacial score (nSPS) is 19.5. The lowest BCUT2D eigenvalue weighted by atomic mass is 10.1. The van der Waals surface area contributed by atoms with E-state index >= 15 is 0 Å². The summed E-state index contributed by atoms with van der Waals surface area (Å²) in [6, 6.07) is 12.0. The van der Waals surface area contributed by atoms with Gasteiger partial charge in [0.15, 0.2) is 0 Å². The van der Waals surface area contributed by atoms with E-state index in [0.29, 0.717) is 35.7 Å². The van der Waals surface area contributed by atoms with Gasteiger partial charge in [-0.3, -0.25) is 4.90 Å². The summed E-state index contributed by atoms with van der Waals surface area (Å²) in [7, 11) is 3.99. The molecule has 2 atom stereocenters. The third-order valence-electron chi connectivity index (χ3n) is 6.17. The van der Waals surface area contributed by atoms with Gasteiger partial charge < -0.3 is 14.9 Å². The molecule has 8 nitrogen and oxygen atoms in total. The number of rotatable bonds is 4. The van der Waals surface area contributed by atoms with Crippen LogP contribution in [-0.2, 0) is 0 Å². The van der Waals surface area contributed by atoms with Crippen LogP contribution in [0.1, 0.15) is 18.7 Å². The number of fused-ring (bicyclic) bond motifs is 2. The molecule has 0 amide bonds. The molecule has 0 spiro atoms. The van der Waals surface area contributed by atoms with Crippen LogP contribution in [0.3, 0.4) is 0 Å². The average Bonchev–Trinajstić information content (AvgIpc) is 3.08. The third-order valence-corrected chi connectivity index (χ3v) is 6.17. The van der Waals surface area contributed by atoms with Gasteiger partial charge in [0.25, 0.3) is 0 Å². The van der Waals surface area contributed by atoms with Crippen LogP contribution < -0.4 is 9.80 Å². The lowest BCUT2D eigenvalue weighted by Gasteiger charge is -2.42. The number of anilines is 2. The number of piperazine rings is 1. The zero-order valence-electron chi connectivity index (χ0n) is 18.9. The molecular weight excluding hydrogens is 414 g/mol. The first-order valence-electron chi connectivity index (χ1n) is 11.2. The van der Waals surface area contributed by atoms with Crippen molar-refractivity contribution < 1.29 is 5.11 Å². The van der Waals surface area contributed by atoms with Crippen molar-refractivity contribution in [1.29, 1.82) is 0 Å². The minimum Gasteiger partial charge on any atom is -0.507 e. The average molecular weight is 442 g/mol. The molecule has 5 rings (SSSR count). The van der Waals surface area contributed by atoms with Gasteiger partial charge in [-0.15, -0.1) is 0 Å². The Hall–Kier alpha value is -3.70. The van der Waals surface area contributed by atoms with Crippen LogP contribution in [0.2, 0.25) is 0 Å². The molecule has 2 bridgehead atoms. The van der Waals surface area contributed by atoms with Gasteiger partial charge in [0.05, 0.1) is 24.1 Å². The fraction of sp³-hybridized carbons (Fsp3) is 0.360. The second kappa shape index (κ2) is 9.04. The Kier molecular flexibility index (Phi) is 5.80. The van der Waals surface area contributed by atoms with E-state index in [2.05, 4.69) is 36.8 Å². The van der Waals surface area contributed by atoms with Crippen molar-refractivity contribution in [1.82, 2.24) is 25.1 Å². The molecule has 0 aliphatic carbocycles. The molecule has 2 aliphatic heterocycles. The van der Waals surface area contributed by atoms with E-state index in [1.807, 2.05) is 49.5 Å². The van der Waals surface area contributed by atoms with Crippen molar-refractivity contribution in [3.8, 4) is 28.8 Å². The van der Waals surface area contributed by atoms with Crippen LogP contribution in [0.15, 0.2) is 48.8 Å². The molecule has 4 heterocycles. The fourth-order valence-electron chi connectivity index (χ4n) is 4.67. The van der Waals surface area contributed by atoms with Gasteiger partial charge in [0.2, 0.25) is 5.82 Å². The number of nitrogens with zero attached hydrogens (tertiary/aromatic N) is 7. The molecule has 2 saturated heterocycles. The molecule has 0 saturated carbocycles. The van der Waals surface area contributed by atoms with E-state index in [-0.39, 0.29) is 5.75 Å². The van der Waals surface area contributed by atoms with E-state index in [0.717, 1.165) is 37.4 Å². The number of benzene rings is 1. The van der Waals surface area contributed by atoms with Crippen molar-refractivity contribution in [3.05, 3.63) is 54.6 Å². The Labute approximate surface area is 193 Å². The number of aromatic hydroxyl groups is 1. The SMILES string of the molecule is CN(C)CC#Cc1nccc(N2[C@@H]3CC[C@H]2CN(c2cnnc(-c4ccccc4O)c2)C3)n1. The maximum absolute atomic E-state index is 10.2. The highest BCUT2D eigenvalue weighted by Crippen LogP contribution is 2.36. The van der Waals surface area contributed by atoms with Gasteiger partial charge in [-0.2, -0.15) is 10.2 Å². The Balaban J connectivity index is 1.35. The first-order valence-corrected chi connectivity index (χ1v) is 11.2. The van der Waals surface area contributed by atoms with Crippen LogP contribution in [0.25, 0.3) is 11.3 Å². The van der Waals surface area contributed by atoms with Crippen molar-refractivity contribution in [2.45, 2.75) is 24.9 Å². The Morgan fingerprint density at radius 3 is 2.67 bits per heavy atom. The van der Waals surface area contributed by atoms with Gasteiger partial charge in [-0.1, -0.05) is 18.1 Å². The molecule has 2 aliphatic rings. The van der Waals surface area contributed by atoms with Crippen molar-refractivity contribution in [2.24, 2.45) is 0 Å². The molecule has 8 heteroatoms. The summed E-state index contributed by atoms with van der Waals surface area (Å²) in [5.74, 6) is 7.93. The largest absolute Gasteiger partial charge is 0.507 e. The van der Waals surface area contributed by atoms with Gasteiger partial charge in [-0.05, 0) is 57.1 Å². The predicted molar refractivity (Wildman–Crippen MR) is 128 cm³/mol. The van der Waals surface area contributed by atoms with Crippen LogP contribution in [0, 0.1) is 11.8 Å². The summed E-state index contributed by atoms with van der Waals surface area (Å²) in [6.07, 6.45) is 5.86. The standard InChI is InChI=1S/C25H27N7O/c1-30(2)13-5-8-24-26-12-11-25(28-24)32-18-9-10-19(32)17-31(16-18)20-14-22(29-27-15-20)21-6-3-4-7-23(21)33/h3-4,6-7,11-12,14-15,18-19,33H,9-10,13,16-17H2,1-2H3/t18-,19+. The van der Waals surface area contributed by atoms with Crippen molar-refractivity contribution in [3.63, 3.8) is 0 Å². The molecule has 2 fully saturated rings. The second-order valence-corrected chi connectivity index (χ2v) is 8.79. The number of phenolic OH excluding ortho intramolecular Hbond substituents is 1. The predicted octanol–water partition coefficient (Wildman–Crippen LogP) is 2.41. The van der Waals surface area contributed by atoms with Crippen molar-refractivity contribution in [2.75, 3.05) is 43.5 Å². The minimum atomic E-state index is 0.210. The molecule has 168 valence electrons. The van der Waals surface area contributed by atoms with Crippen LogP contribution >= 0.6 is 0 Å². The summed E-state index contributed by atoms with van der Waals surface area (Å²) in [4.78, 5) is 15.9. The molecule has 2 aromatic heterocycles. The maximum Gasteiger partial charge on any atom is 0.206 e. The summed E-state index contributed by atoms with van der Waals surface area (Å²) in [5, 5.41) is 18.7.